The van der Waals surface area contributed by atoms with E-state index in [0.717, 1.165) is 6.08 Å². The minimum atomic E-state index is -1.48. The summed E-state index contributed by atoms with van der Waals surface area (Å²) in [5.41, 5.74) is 0.621. The van der Waals surface area contributed by atoms with Crippen molar-refractivity contribution in [1.82, 2.24) is 0 Å². The van der Waals surface area contributed by atoms with Gasteiger partial charge in [-0.05, 0) is 31.2 Å². The summed E-state index contributed by atoms with van der Waals surface area (Å²) in [5.74, 6) is -2.33. The van der Waals surface area contributed by atoms with Crippen molar-refractivity contribution in [3.8, 4) is 0 Å². The molecule has 0 saturated heterocycles. The van der Waals surface area contributed by atoms with E-state index in [9.17, 15) is 19.5 Å². The first-order valence-electron chi connectivity index (χ1n) is 4.90. The third-order valence-electron chi connectivity index (χ3n) is 2.00. The Labute approximate surface area is 108 Å². The summed E-state index contributed by atoms with van der Waals surface area (Å²) in [6, 6.07) is 4.41. The molecular formula is C12H9ClNO4-. The number of carbonyl (C=O) groups is 3. The molecule has 0 bridgehead atoms. The molecule has 0 heterocycles. The van der Waals surface area contributed by atoms with Gasteiger partial charge in [-0.25, -0.2) is 0 Å². The SMILES string of the molecule is CC(=O)c1ccc(Cl)c(NC(=O)/C=C/C(=O)[O-])c1. The maximum Gasteiger partial charge on any atom is 0.248 e. The van der Waals surface area contributed by atoms with Gasteiger partial charge in [-0.2, -0.15) is 0 Å². The molecule has 0 fully saturated rings. The standard InChI is InChI=1S/C12H10ClNO4/c1-7(15)8-2-3-9(13)10(6-8)14-11(16)4-5-12(17)18/h2-6H,1H3,(H,14,16)(H,17,18)/p-1/b5-4+. The number of carboxylic acids is 1. The number of hydrogen-bond donors (Lipinski definition) is 1. The second-order valence-corrected chi connectivity index (χ2v) is 3.80. The van der Waals surface area contributed by atoms with Gasteiger partial charge in [0.1, 0.15) is 0 Å². The number of carboxylic acid groups (broad SMARTS) is 1. The van der Waals surface area contributed by atoms with E-state index in [-0.39, 0.29) is 16.5 Å². The Balaban J connectivity index is 2.90. The molecule has 94 valence electrons. The van der Waals surface area contributed by atoms with Crippen LogP contribution in [0.15, 0.2) is 30.4 Å². The van der Waals surface area contributed by atoms with Crippen molar-refractivity contribution in [2.75, 3.05) is 5.32 Å². The lowest BCUT2D eigenvalue weighted by Crippen LogP contribution is -2.20. The lowest BCUT2D eigenvalue weighted by molar-refractivity contribution is -0.297. The fraction of sp³-hybridized carbons (Fsp3) is 0.0833. The van der Waals surface area contributed by atoms with Crippen molar-refractivity contribution in [3.63, 3.8) is 0 Å². The highest BCUT2D eigenvalue weighted by Crippen LogP contribution is 2.23. The van der Waals surface area contributed by atoms with E-state index in [4.69, 9.17) is 11.6 Å². The molecule has 1 amide bonds. The van der Waals surface area contributed by atoms with Gasteiger partial charge >= 0.3 is 0 Å². The number of carbonyl (C=O) groups excluding carboxylic acids is 3. The molecular weight excluding hydrogens is 258 g/mol. The third kappa shape index (κ3) is 4.03. The molecule has 1 N–H and O–H groups in total. The van der Waals surface area contributed by atoms with Gasteiger partial charge in [0, 0.05) is 11.6 Å². The zero-order chi connectivity index (χ0) is 13.7. The van der Waals surface area contributed by atoms with Crippen LogP contribution in [-0.2, 0) is 9.59 Å². The molecule has 18 heavy (non-hydrogen) atoms. The normalized spacial score (nSPS) is 10.3. The van der Waals surface area contributed by atoms with Crippen LogP contribution in [-0.4, -0.2) is 17.7 Å². The van der Waals surface area contributed by atoms with Gasteiger partial charge in [-0.3, -0.25) is 9.59 Å². The molecule has 6 heteroatoms. The van der Waals surface area contributed by atoms with E-state index in [2.05, 4.69) is 5.32 Å². The molecule has 5 nitrogen and oxygen atoms in total. The highest BCUT2D eigenvalue weighted by molar-refractivity contribution is 6.34. The molecule has 1 rings (SSSR count). The largest absolute Gasteiger partial charge is 0.545 e. The van der Waals surface area contributed by atoms with Crippen LogP contribution >= 0.6 is 11.6 Å². The Bertz CT molecular complexity index is 537. The number of nitrogens with one attached hydrogen (secondary N) is 1. The Morgan fingerprint density at radius 2 is 1.94 bits per heavy atom. The van der Waals surface area contributed by atoms with Gasteiger partial charge in [-0.15, -0.1) is 0 Å². The summed E-state index contributed by atoms with van der Waals surface area (Å²) in [6.45, 7) is 1.38. The predicted octanol–water partition coefficient (Wildman–Crippen LogP) is 0.787. The van der Waals surface area contributed by atoms with E-state index in [1.54, 1.807) is 0 Å². The molecule has 0 aromatic heterocycles. The van der Waals surface area contributed by atoms with Crippen molar-refractivity contribution in [1.29, 1.82) is 0 Å². The molecule has 1 aromatic carbocycles. The van der Waals surface area contributed by atoms with E-state index in [1.165, 1.54) is 25.1 Å². The number of aliphatic carboxylic acids is 1. The number of anilines is 1. The van der Waals surface area contributed by atoms with Gasteiger partial charge in [-0.1, -0.05) is 11.6 Å². The number of amides is 1. The van der Waals surface area contributed by atoms with Crippen molar-refractivity contribution < 1.29 is 19.5 Å². The highest BCUT2D eigenvalue weighted by Gasteiger charge is 2.07. The Morgan fingerprint density at radius 1 is 1.28 bits per heavy atom. The highest BCUT2D eigenvalue weighted by atomic mass is 35.5. The predicted molar refractivity (Wildman–Crippen MR) is 64.2 cm³/mol. The second kappa shape index (κ2) is 5.97. The number of hydrogen-bond acceptors (Lipinski definition) is 4. The zero-order valence-electron chi connectivity index (χ0n) is 9.40. The first-order chi connectivity index (χ1) is 8.40. The van der Waals surface area contributed by atoms with Crippen LogP contribution in [0.25, 0.3) is 0 Å². The fourth-order valence-electron chi connectivity index (χ4n) is 1.16. The summed E-state index contributed by atoms with van der Waals surface area (Å²) in [7, 11) is 0. The minimum absolute atomic E-state index is 0.174. The number of benzene rings is 1. The Morgan fingerprint density at radius 3 is 2.50 bits per heavy atom. The van der Waals surface area contributed by atoms with Crippen LogP contribution in [0.2, 0.25) is 5.02 Å². The minimum Gasteiger partial charge on any atom is -0.545 e. The monoisotopic (exact) mass is 266 g/mol. The quantitative estimate of drug-likeness (QED) is 0.645. The number of ketones is 1. The van der Waals surface area contributed by atoms with E-state index in [0.29, 0.717) is 11.6 Å². The summed E-state index contributed by atoms with van der Waals surface area (Å²) < 4.78 is 0. The van der Waals surface area contributed by atoms with Crippen molar-refractivity contribution in [2.45, 2.75) is 6.92 Å². The molecule has 1 aromatic rings. The van der Waals surface area contributed by atoms with Gasteiger partial charge in [0.05, 0.1) is 16.7 Å². The van der Waals surface area contributed by atoms with Gasteiger partial charge in [0.15, 0.2) is 5.78 Å². The van der Waals surface area contributed by atoms with Gasteiger partial charge < -0.3 is 15.2 Å². The summed E-state index contributed by atoms with van der Waals surface area (Å²) in [4.78, 5) is 32.6. The molecule has 0 aliphatic heterocycles. The molecule has 0 aliphatic carbocycles. The number of halogens is 1. The average molecular weight is 267 g/mol. The lowest BCUT2D eigenvalue weighted by atomic mass is 10.1. The molecule has 0 saturated carbocycles. The maximum atomic E-state index is 11.3. The van der Waals surface area contributed by atoms with Gasteiger partial charge in [0.2, 0.25) is 5.91 Å². The number of rotatable bonds is 4. The zero-order valence-corrected chi connectivity index (χ0v) is 10.2. The van der Waals surface area contributed by atoms with Crippen molar-refractivity contribution in [3.05, 3.63) is 40.9 Å². The third-order valence-corrected chi connectivity index (χ3v) is 2.33. The van der Waals surface area contributed by atoms with Crippen LogP contribution in [0, 0.1) is 0 Å². The smallest absolute Gasteiger partial charge is 0.248 e. The van der Waals surface area contributed by atoms with Crippen LogP contribution < -0.4 is 10.4 Å². The van der Waals surface area contributed by atoms with Crippen molar-refractivity contribution >= 4 is 34.9 Å². The molecule has 0 spiro atoms. The molecule has 0 atom stereocenters. The van der Waals surface area contributed by atoms with E-state index in [1.807, 2.05) is 0 Å². The topological polar surface area (TPSA) is 86.3 Å². The van der Waals surface area contributed by atoms with Gasteiger partial charge in [0.25, 0.3) is 0 Å². The van der Waals surface area contributed by atoms with Crippen LogP contribution in [0.5, 0.6) is 0 Å². The summed E-state index contributed by atoms with van der Waals surface area (Å²) >= 11 is 5.83. The molecule has 0 aliphatic rings. The van der Waals surface area contributed by atoms with Crippen LogP contribution in [0.3, 0.4) is 0 Å². The van der Waals surface area contributed by atoms with Crippen LogP contribution in [0.4, 0.5) is 5.69 Å². The fourth-order valence-corrected chi connectivity index (χ4v) is 1.32. The summed E-state index contributed by atoms with van der Waals surface area (Å²) in [6.07, 6.45) is 1.39. The Kier molecular flexibility index (Phi) is 4.62. The summed E-state index contributed by atoms with van der Waals surface area (Å²) in [5, 5.41) is 12.7. The average Bonchev–Trinajstić information content (AvgIpc) is 2.29. The first-order valence-corrected chi connectivity index (χ1v) is 5.28. The Hall–Kier alpha value is -2.14. The molecule has 0 unspecified atom stereocenters. The van der Waals surface area contributed by atoms with Crippen LogP contribution in [0.1, 0.15) is 17.3 Å². The van der Waals surface area contributed by atoms with Crippen molar-refractivity contribution in [2.24, 2.45) is 0 Å². The van der Waals surface area contributed by atoms with E-state index < -0.39 is 11.9 Å². The molecule has 0 radical (unpaired) electrons. The maximum absolute atomic E-state index is 11.3. The first kappa shape index (κ1) is 13.9. The number of Topliss-reactive ketones (excluding diaryl/α,β-unsaturated/α-hetero) is 1. The van der Waals surface area contributed by atoms with E-state index >= 15 is 0 Å². The lowest BCUT2D eigenvalue weighted by Gasteiger charge is -2.06. The second-order valence-electron chi connectivity index (χ2n) is 3.39.